The lowest BCUT2D eigenvalue weighted by Crippen LogP contribution is -2.15. The SMILES string of the molecule is NC(c1ccc(F)c(C(F)(F)F)c1)c1ccoc1Cl. The lowest BCUT2D eigenvalue weighted by molar-refractivity contribution is -0.140. The molecule has 2 N–H and O–H groups in total. The summed E-state index contributed by atoms with van der Waals surface area (Å²) in [5.41, 5.74) is 4.86. The maximum absolute atomic E-state index is 13.1. The van der Waals surface area contributed by atoms with Gasteiger partial charge in [-0.2, -0.15) is 13.2 Å². The second kappa shape index (κ2) is 4.86. The third-order valence-electron chi connectivity index (χ3n) is 2.64. The summed E-state index contributed by atoms with van der Waals surface area (Å²) in [7, 11) is 0. The van der Waals surface area contributed by atoms with Crippen molar-refractivity contribution in [2.45, 2.75) is 12.2 Å². The number of furan rings is 1. The van der Waals surface area contributed by atoms with Gasteiger partial charge >= 0.3 is 6.18 Å². The molecule has 0 saturated heterocycles. The fraction of sp³-hybridized carbons (Fsp3) is 0.167. The molecule has 1 aromatic heterocycles. The number of hydrogen-bond acceptors (Lipinski definition) is 2. The molecule has 0 aliphatic carbocycles. The van der Waals surface area contributed by atoms with E-state index in [0.29, 0.717) is 11.6 Å². The summed E-state index contributed by atoms with van der Waals surface area (Å²) in [6, 6.07) is 3.10. The number of hydrogen-bond donors (Lipinski definition) is 1. The summed E-state index contributed by atoms with van der Waals surface area (Å²) in [6.07, 6.45) is -3.51. The average Bonchev–Trinajstić information content (AvgIpc) is 2.73. The Morgan fingerprint density at radius 3 is 2.42 bits per heavy atom. The number of benzene rings is 1. The van der Waals surface area contributed by atoms with Gasteiger partial charge in [-0.05, 0) is 35.4 Å². The minimum atomic E-state index is -4.78. The molecule has 7 heteroatoms. The molecule has 19 heavy (non-hydrogen) atoms. The van der Waals surface area contributed by atoms with Crippen LogP contribution in [0.3, 0.4) is 0 Å². The highest BCUT2D eigenvalue weighted by atomic mass is 35.5. The van der Waals surface area contributed by atoms with E-state index in [0.717, 1.165) is 6.07 Å². The van der Waals surface area contributed by atoms with Crippen LogP contribution in [0.1, 0.15) is 22.7 Å². The molecule has 1 unspecified atom stereocenters. The zero-order valence-electron chi connectivity index (χ0n) is 9.34. The Bertz CT molecular complexity index is 594. The van der Waals surface area contributed by atoms with E-state index in [9.17, 15) is 17.6 Å². The number of rotatable bonds is 2. The summed E-state index contributed by atoms with van der Waals surface area (Å²) < 4.78 is 55.7. The predicted octanol–water partition coefficient (Wildman–Crippen LogP) is 4.14. The molecule has 0 bridgehead atoms. The molecule has 102 valence electrons. The summed E-state index contributed by atoms with van der Waals surface area (Å²) in [5.74, 6) is -1.35. The fourth-order valence-electron chi connectivity index (χ4n) is 1.66. The van der Waals surface area contributed by atoms with Crippen molar-refractivity contribution in [2.24, 2.45) is 5.73 Å². The van der Waals surface area contributed by atoms with E-state index in [2.05, 4.69) is 0 Å². The van der Waals surface area contributed by atoms with Gasteiger partial charge in [-0.3, -0.25) is 0 Å². The average molecular weight is 294 g/mol. The van der Waals surface area contributed by atoms with Crippen molar-refractivity contribution < 1.29 is 22.0 Å². The van der Waals surface area contributed by atoms with Gasteiger partial charge in [0.1, 0.15) is 5.82 Å². The molecule has 1 aromatic carbocycles. The minimum absolute atomic E-state index is 0.00890. The van der Waals surface area contributed by atoms with E-state index < -0.39 is 23.6 Å². The van der Waals surface area contributed by atoms with E-state index in [-0.39, 0.29) is 10.8 Å². The molecule has 0 fully saturated rings. The fourth-order valence-corrected chi connectivity index (χ4v) is 1.89. The van der Waals surface area contributed by atoms with Crippen molar-refractivity contribution in [3.05, 3.63) is 58.3 Å². The zero-order chi connectivity index (χ0) is 14.2. The first kappa shape index (κ1) is 13.9. The monoisotopic (exact) mass is 293 g/mol. The topological polar surface area (TPSA) is 39.2 Å². The van der Waals surface area contributed by atoms with Crippen LogP contribution in [0, 0.1) is 5.82 Å². The van der Waals surface area contributed by atoms with Crippen molar-refractivity contribution in [3.63, 3.8) is 0 Å². The normalized spacial score (nSPS) is 13.6. The van der Waals surface area contributed by atoms with Crippen molar-refractivity contribution in [1.29, 1.82) is 0 Å². The smallest absolute Gasteiger partial charge is 0.419 e. The standard InChI is InChI=1S/C12H8ClF4NO/c13-11-7(3-4-19-11)10(18)6-1-2-9(14)8(5-6)12(15,16)17/h1-5,10H,18H2. The van der Waals surface area contributed by atoms with Gasteiger partial charge < -0.3 is 10.2 Å². The van der Waals surface area contributed by atoms with Crippen molar-refractivity contribution in [3.8, 4) is 0 Å². The van der Waals surface area contributed by atoms with Crippen LogP contribution in [0.4, 0.5) is 17.6 Å². The lowest BCUT2D eigenvalue weighted by Gasteiger charge is -2.14. The van der Waals surface area contributed by atoms with Gasteiger partial charge in [0.05, 0.1) is 17.9 Å². The molecule has 2 nitrogen and oxygen atoms in total. The molecule has 0 amide bonds. The Hall–Kier alpha value is -1.53. The minimum Gasteiger partial charge on any atom is -0.453 e. The van der Waals surface area contributed by atoms with Crippen LogP contribution in [-0.2, 0) is 6.18 Å². The number of alkyl halides is 3. The summed E-state index contributed by atoms with van der Waals surface area (Å²) in [6.45, 7) is 0. The first-order valence-electron chi connectivity index (χ1n) is 5.16. The van der Waals surface area contributed by atoms with Gasteiger partial charge in [-0.1, -0.05) is 6.07 Å². The second-order valence-corrected chi connectivity index (χ2v) is 4.21. The molecule has 2 aromatic rings. The maximum atomic E-state index is 13.1. The first-order valence-corrected chi connectivity index (χ1v) is 5.53. The molecule has 2 rings (SSSR count). The van der Waals surface area contributed by atoms with E-state index in [1.54, 1.807) is 0 Å². The quantitative estimate of drug-likeness (QED) is 0.845. The Kier molecular flexibility index (Phi) is 3.56. The Morgan fingerprint density at radius 1 is 1.21 bits per heavy atom. The molecule has 0 aliphatic rings. The Labute approximate surface area is 110 Å². The zero-order valence-corrected chi connectivity index (χ0v) is 10.1. The third kappa shape index (κ3) is 2.74. The summed E-state index contributed by atoms with van der Waals surface area (Å²) in [4.78, 5) is 0. The van der Waals surface area contributed by atoms with Crippen molar-refractivity contribution >= 4 is 11.6 Å². The van der Waals surface area contributed by atoms with E-state index >= 15 is 0 Å². The van der Waals surface area contributed by atoms with Crippen LogP contribution in [-0.4, -0.2) is 0 Å². The largest absolute Gasteiger partial charge is 0.453 e. The van der Waals surface area contributed by atoms with Crippen LogP contribution < -0.4 is 5.73 Å². The summed E-state index contributed by atoms with van der Waals surface area (Å²) in [5, 5.41) is -0.00890. The van der Waals surface area contributed by atoms with E-state index in [4.69, 9.17) is 21.8 Å². The molecule has 0 aliphatic heterocycles. The van der Waals surface area contributed by atoms with Gasteiger partial charge in [0.15, 0.2) is 5.22 Å². The number of nitrogens with two attached hydrogens (primary N) is 1. The van der Waals surface area contributed by atoms with E-state index in [1.165, 1.54) is 18.4 Å². The lowest BCUT2D eigenvalue weighted by atomic mass is 9.99. The Morgan fingerprint density at radius 2 is 1.89 bits per heavy atom. The second-order valence-electron chi connectivity index (χ2n) is 3.86. The van der Waals surface area contributed by atoms with Gasteiger partial charge in [-0.25, -0.2) is 4.39 Å². The maximum Gasteiger partial charge on any atom is 0.419 e. The van der Waals surface area contributed by atoms with Gasteiger partial charge in [0.25, 0.3) is 0 Å². The van der Waals surface area contributed by atoms with Crippen LogP contribution in [0.5, 0.6) is 0 Å². The van der Waals surface area contributed by atoms with Crippen molar-refractivity contribution in [2.75, 3.05) is 0 Å². The molecule has 0 spiro atoms. The van der Waals surface area contributed by atoms with Crippen LogP contribution in [0.15, 0.2) is 34.9 Å². The Balaban J connectivity index is 2.44. The molecular formula is C12H8ClF4NO. The molecular weight excluding hydrogens is 286 g/mol. The van der Waals surface area contributed by atoms with Gasteiger partial charge in [-0.15, -0.1) is 0 Å². The molecule has 0 radical (unpaired) electrons. The van der Waals surface area contributed by atoms with Gasteiger partial charge in [0, 0.05) is 5.56 Å². The highest BCUT2D eigenvalue weighted by Gasteiger charge is 2.34. The predicted molar refractivity (Wildman–Crippen MR) is 61.2 cm³/mol. The third-order valence-corrected chi connectivity index (χ3v) is 2.94. The summed E-state index contributed by atoms with van der Waals surface area (Å²) >= 11 is 5.70. The van der Waals surface area contributed by atoms with Crippen LogP contribution in [0.2, 0.25) is 5.22 Å². The highest BCUT2D eigenvalue weighted by molar-refractivity contribution is 6.29. The van der Waals surface area contributed by atoms with E-state index in [1.807, 2.05) is 0 Å². The number of halogens is 5. The molecule has 1 atom stereocenters. The molecule has 0 saturated carbocycles. The van der Waals surface area contributed by atoms with Crippen LogP contribution >= 0.6 is 11.6 Å². The van der Waals surface area contributed by atoms with Crippen LogP contribution in [0.25, 0.3) is 0 Å². The molecule has 1 heterocycles. The van der Waals surface area contributed by atoms with Crippen molar-refractivity contribution in [1.82, 2.24) is 0 Å². The van der Waals surface area contributed by atoms with Gasteiger partial charge in [0.2, 0.25) is 0 Å². The first-order chi connectivity index (χ1) is 8.80. The highest BCUT2D eigenvalue weighted by Crippen LogP contribution is 2.34.